The molecule has 5 nitrogen and oxygen atoms in total. The number of benzene rings is 2. The zero-order valence-corrected chi connectivity index (χ0v) is 14.6. The molecule has 2 aromatic carbocycles. The lowest BCUT2D eigenvalue weighted by molar-refractivity contribution is -0.117. The molecule has 0 radical (unpaired) electrons. The molecular formula is C19H19ClN2O3. The van der Waals surface area contributed by atoms with Crippen LogP contribution in [0.25, 0.3) is 0 Å². The molecule has 1 heterocycles. The molecule has 1 saturated heterocycles. The van der Waals surface area contributed by atoms with Crippen molar-refractivity contribution in [3.8, 4) is 5.75 Å². The summed E-state index contributed by atoms with van der Waals surface area (Å²) >= 11 is 5.90. The quantitative estimate of drug-likeness (QED) is 0.893. The molecule has 0 aromatic heterocycles. The number of hydrogen-bond donors (Lipinski definition) is 1. The Balaban J connectivity index is 1.58. The second kappa shape index (κ2) is 7.57. The highest BCUT2D eigenvalue weighted by Gasteiger charge is 2.30. The molecule has 1 N–H and O–H groups in total. The van der Waals surface area contributed by atoms with E-state index >= 15 is 0 Å². The Morgan fingerprint density at radius 1 is 1.28 bits per heavy atom. The highest BCUT2D eigenvalue weighted by Crippen LogP contribution is 2.26. The van der Waals surface area contributed by atoms with Crippen molar-refractivity contribution < 1.29 is 14.3 Å². The summed E-state index contributed by atoms with van der Waals surface area (Å²) in [4.78, 5) is 26.2. The lowest BCUT2D eigenvalue weighted by Gasteiger charge is -2.17. The third kappa shape index (κ3) is 4.12. The van der Waals surface area contributed by atoms with Crippen LogP contribution in [0.4, 0.5) is 5.69 Å². The van der Waals surface area contributed by atoms with Gasteiger partial charge < -0.3 is 15.0 Å². The standard InChI is InChI=1S/C19H19ClN2O3/c1-25-17-7-5-16(6-8-17)22-12-13(9-18(22)23)11-21-19(24)14-3-2-4-15(20)10-14/h2-8,10,13H,9,11-12H2,1H3,(H,21,24). The third-order valence-corrected chi connectivity index (χ3v) is 4.46. The van der Waals surface area contributed by atoms with Crippen molar-refractivity contribution in [2.45, 2.75) is 6.42 Å². The maximum absolute atomic E-state index is 12.3. The average Bonchev–Trinajstić information content (AvgIpc) is 3.00. The first kappa shape index (κ1) is 17.3. The van der Waals surface area contributed by atoms with Gasteiger partial charge in [0.05, 0.1) is 7.11 Å². The maximum Gasteiger partial charge on any atom is 0.251 e. The molecule has 1 atom stereocenters. The average molecular weight is 359 g/mol. The Kier molecular flexibility index (Phi) is 5.24. The van der Waals surface area contributed by atoms with E-state index in [1.54, 1.807) is 36.3 Å². The number of carbonyl (C=O) groups excluding carboxylic acids is 2. The van der Waals surface area contributed by atoms with E-state index in [1.165, 1.54) is 0 Å². The van der Waals surface area contributed by atoms with E-state index in [4.69, 9.17) is 16.3 Å². The second-order valence-corrected chi connectivity index (χ2v) is 6.43. The number of hydrogen-bond acceptors (Lipinski definition) is 3. The van der Waals surface area contributed by atoms with Crippen LogP contribution in [-0.2, 0) is 4.79 Å². The number of rotatable bonds is 5. The summed E-state index contributed by atoms with van der Waals surface area (Å²) in [5, 5.41) is 3.41. The van der Waals surface area contributed by atoms with Gasteiger partial charge in [-0.15, -0.1) is 0 Å². The molecule has 1 aliphatic rings. The number of carbonyl (C=O) groups is 2. The fourth-order valence-electron chi connectivity index (χ4n) is 2.90. The molecule has 1 aliphatic heterocycles. The summed E-state index contributed by atoms with van der Waals surface area (Å²) in [5.74, 6) is 0.712. The third-order valence-electron chi connectivity index (χ3n) is 4.23. The summed E-state index contributed by atoms with van der Waals surface area (Å²) in [6.45, 7) is 1.03. The Morgan fingerprint density at radius 3 is 2.72 bits per heavy atom. The zero-order valence-electron chi connectivity index (χ0n) is 13.9. The minimum absolute atomic E-state index is 0.0622. The number of methoxy groups -OCH3 is 1. The number of anilines is 1. The maximum atomic E-state index is 12.3. The number of halogens is 1. The summed E-state index contributed by atoms with van der Waals surface area (Å²) < 4.78 is 5.13. The van der Waals surface area contributed by atoms with Crippen LogP contribution in [0.3, 0.4) is 0 Å². The minimum atomic E-state index is -0.183. The summed E-state index contributed by atoms with van der Waals surface area (Å²) in [7, 11) is 1.61. The Hall–Kier alpha value is -2.53. The molecule has 0 spiro atoms. The van der Waals surface area contributed by atoms with Gasteiger partial charge >= 0.3 is 0 Å². The van der Waals surface area contributed by atoms with Gasteiger partial charge in [-0.3, -0.25) is 9.59 Å². The van der Waals surface area contributed by atoms with Crippen LogP contribution in [0.2, 0.25) is 5.02 Å². The van der Waals surface area contributed by atoms with Gasteiger partial charge in [-0.2, -0.15) is 0 Å². The molecule has 0 saturated carbocycles. The summed E-state index contributed by atoms with van der Waals surface area (Å²) in [6.07, 6.45) is 0.419. The van der Waals surface area contributed by atoms with Crippen molar-refractivity contribution in [3.05, 3.63) is 59.1 Å². The fraction of sp³-hybridized carbons (Fsp3) is 0.263. The first-order valence-electron chi connectivity index (χ1n) is 8.05. The Labute approximate surface area is 151 Å². The summed E-state index contributed by atoms with van der Waals surface area (Å²) in [6, 6.07) is 14.2. The van der Waals surface area contributed by atoms with Crippen LogP contribution in [0, 0.1) is 5.92 Å². The highest BCUT2D eigenvalue weighted by molar-refractivity contribution is 6.30. The SMILES string of the molecule is COc1ccc(N2CC(CNC(=O)c3cccc(Cl)c3)CC2=O)cc1. The van der Waals surface area contributed by atoms with Crippen LogP contribution in [0.5, 0.6) is 5.75 Å². The van der Waals surface area contributed by atoms with Gasteiger partial charge in [0.15, 0.2) is 0 Å². The minimum Gasteiger partial charge on any atom is -0.497 e. The van der Waals surface area contributed by atoms with Gasteiger partial charge in [0.2, 0.25) is 5.91 Å². The number of amides is 2. The van der Waals surface area contributed by atoms with Crippen molar-refractivity contribution in [1.82, 2.24) is 5.32 Å². The first-order chi connectivity index (χ1) is 12.1. The van der Waals surface area contributed by atoms with Gasteiger partial charge in [-0.05, 0) is 42.5 Å². The van der Waals surface area contributed by atoms with E-state index < -0.39 is 0 Å². The van der Waals surface area contributed by atoms with Gasteiger partial charge in [0, 0.05) is 41.7 Å². The molecule has 6 heteroatoms. The van der Waals surface area contributed by atoms with Crippen molar-refractivity contribution in [1.29, 1.82) is 0 Å². The van der Waals surface area contributed by atoms with Crippen LogP contribution < -0.4 is 15.0 Å². The molecule has 0 bridgehead atoms. The van der Waals surface area contributed by atoms with Gasteiger partial charge in [-0.1, -0.05) is 17.7 Å². The van der Waals surface area contributed by atoms with Crippen molar-refractivity contribution in [2.75, 3.05) is 25.1 Å². The highest BCUT2D eigenvalue weighted by atomic mass is 35.5. The monoisotopic (exact) mass is 358 g/mol. The van der Waals surface area contributed by atoms with Crippen molar-refractivity contribution in [2.24, 2.45) is 5.92 Å². The molecule has 2 amide bonds. The topological polar surface area (TPSA) is 58.6 Å². The van der Waals surface area contributed by atoms with E-state index in [0.717, 1.165) is 11.4 Å². The predicted octanol–water partition coefficient (Wildman–Crippen LogP) is 3.13. The molecule has 130 valence electrons. The van der Waals surface area contributed by atoms with Crippen molar-refractivity contribution >= 4 is 29.1 Å². The lowest BCUT2D eigenvalue weighted by Crippen LogP contribution is -2.31. The fourth-order valence-corrected chi connectivity index (χ4v) is 3.09. The molecule has 0 aliphatic carbocycles. The second-order valence-electron chi connectivity index (χ2n) is 5.99. The molecule has 3 rings (SSSR count). The molecule has 1 fully saturated rings. The Morgan fingerprint density at radius 2 is 2.04 bits per heavy atom. The van der Waals surface area contributed by atoms with Crippen LogP contribution >= 0.6 is 11.6 Å². The first-order valence-corrected chi connectivity index (χ1v) is 8.43. The van der Waals surface area contributed by atoms with Gasteiger partial charge in [-0.25, -0.2) is 0 Å². The number of nitrogens with one attached hydrogen (secondary N) is 1. The predicted molar refractivity (Wildman–Crippen MR) is 97.2 cm³/mol. The van der Waals surface area contributed by atoms with Gasteiger partial charge in [0.25, 0.3) is 5.91 Å². The van der Waals surface area contributed by atoms with E-state index in [2.05, 4.69) is 5.32 Å². The lowest BCUT2D eigenvalue weighted by atomic mass is 10.1. The van der Waals surface area contributed by atoms with Crippen LogP contribution in [0.1, 0.15) is 16.8 Å². The zero-order chi connectivity index (χ0) is 17.8. The normalized spacial score (nSPS) is 16.8. The van der Waals surface area contributed by atoms with Gasteiger partial charge in [0.1, 0.15) is 5.75 Å². The number of nitrogens with zero attached hydrogens (tertiary/aromatic N) is 1. The smallest absolute Gasteiger partial charge is 0.251 e. The largest absolute Gasteiger partial charge is 0.497 e. The van der Waals surface area contributed by atoms with Crippen molar-refractivity contribution in [3.63, 3.8) is 0 Å². The molecular weight excluding hydrogens is 340 g/mol. The van der Waals surface area contributed by atoms with Crippen LogP contribution in [0.15, 0.2) is 48.5 Å². The van der Waals surface area contributed by atoms with E-state index in [0.29, 0.717) is 30.1 Å². The Bertz CT molecular complexity index is 776. The van der Waals surface area contributed by atoms with Crippen LogP contribution in [-0.4, -0.2) is 32.0 Å². The summed E-state index contributed by atoms with van der Waals surface area (Å²) in [5.41, 5.74) is 1.36. The number of ether oxygens (including phenoxy) is 1. The van der Waals surface area contributed by atoms with E-state index in [-0.39, 0.29) is 17.7 Å². The molecule has 1 unspecified atom stereocenters. The van der Waals surface area contributed by atoms with E-state index in [1.807, 2.05) is 24.3 Å². The van der Waals surface area contributed by atoms with E-state index in [9.17, 15) is 9.59 Å². The molecule has 2 aromatic rings. The molecule has 25 heavy (non-hydrogen) atoms.